The Morgan fingerprint density at radius 2 is 1.64 bits per heavy atom. The molecule has 192 valence electrons. The van der Waals surface area contributed by atoms with Gasteiger partial charge >= 0.3 is 6.09 Å². The lowest BCUT2D eigenvalue weighted by molar-refractivity contribution is 0.0570. The molecule has 2 heterocycles. The van der Waals surface area contributed by atoms with Gasteiger partial charge in [0.1, 0.15) is 6.17 Å². The van der Waals surface area contributed by atoms with E-state index < -0.39 is 0 Å². The maximum atomic E-state index is 13.0. The highest BCUT2D eigenvalue weighted by Crippen LogP contribution is 2.34. The lowest BCUT2D eigenvalue weighted by Gasteiger charge is -2.34. The standard InChI is InChI=1S/C27H34N4O5/c1-3-35-19-7-14-31-24(22-8-5-6-9-23(22)26(31)33)28-21-12-10-20(11-13-21)25(32)29-15-17-30(18-16-29)27(34)36-4-2/h5-6,8-13,24,28H,3-4,7,14-19H2,1-2H3. The number of piperazine rings is 1. The summed E-state index contributed by atoms with van der Waals surface area (Å²) in [6.07, 6.45) is 0.134. The van der Waals surface area contributed by atoms with Crippen molar-refractivity contribution in [1.82, 2.24) is 14.7 Å². The maximum Gasteiger partial charge on any atom is 0.409 e. The zero-order valence-corrected chi connectivity index (χ0v) is 20.9. The van der Waals surface area contributed by atoms with Crippen LogP contribution in [0.15, 0.2) is 48.5 Å². The molecule has 0 spiro atoms. The summed E-state index contributed by atoms with van der Waals surface area (Å²) in [6, 6.07) is 15.0. The number of nitrogens with one attached hydrogen (secondary N) is 1. The van der Waals surface area contributed by atoms with E-state index in [1.165, 1.54) is 0 Å². The monoisotopic (exact) mass is 494 g/mol. The summed E-state index contributed by atoms with van der Waals surface area (Å²) in [5.74, 6) is -0.0580. The van der Waals surface area contributed by atoms with Crippen LogP contribution in [-0.4, -0.2) is 85.2 Å². The van der Waals surface area contributed by atoms with Crippen molar-refractivity contribution in [3.8, 4) is 0 Å². The van der Waals surface area contributed by atoms with E-state index in [1.807, 2.05) is 48.2 Å². The molecule has 1 saturated heterocycles. The lowest BCUT2D eigenvalue weighted by Crippen LogP contribution is -2.50. The van der Waals surface area contributed by atoms with E-state index in [0.717, 1.165) is 17.7 Å². The molecule has 0 radical (unpaired) electrons. The predicted octanol–water partition coefficient (Wildman–Crippen LogP) is 3.59. The van der Waals surface area contributed by atoms with Crippen molar-refractivity contribution in [2.45, 2.75) is 26.4 Å². The Kier molecular flexibility index (Phi) is 8.43. The Labute approximate surface area is 211 Å². The molecule has 0 aromatic heterocycles. The van der Waals surface area contributed by atoms with Gasteiger partial charge in [-0.25, -0.2) is 4.79 Å². The second-order valence-corrected chi connectivity index (χ2v) is 8.74. The molecule has 1 N–H and O–H groups in total. The van der Waals surface area contributed by atoms with Crippen molar-refractivity contribution in [2.75, 3.05) is 57.9 Å². The van der Waals surface area contributed by atoms with Gasteiger partial charge in [0.15, 0.2) is 0 Å². The summed E-state index contributed by atoms with van der Waals surface area (Å²) in [5, 5.41) is 3.48. The van der Waals surface area contributed by atoms with Crippen molar-refractivity contribution in [1.29, 1.82) is 0 Å². The van der Waals surface area contributed by atoms with Crippen LogP contribution < -0.4 is 5.32 Å². The summed E-state index contributed by atoms with van der Waals surface area (Å²) < 4.78 is 10.5. The molecule has 9 heteroatoms. The average Bonchev–Trinajstić information content (AvgIpc) is 3.17. The van der Waals surface area contributed by atoms with E-state index in [2.05, 4.69) is 5.32 Å². The number of nitrogens with zero attached hydrogens (tertiary/aromatic N) is 3. The normalized spacial score (nSPS) is 17.2. The van der Waals surface area contributed by atoms with Crippen LogP contribution in [0.3, 0.4) is 0 Å². The van der Waals surface area contributed by atoms with Gasteiger partial charge in [-0.05, 0) is 50.6 Å². The number of anilines is 1. The minimum absolute atomic E-state index is 0.00774. The second kappa shape index (κ2) is 11.9. The highest BCUT2D eigenvalue weighted by Gasteiger charge is 2.36. The molecule has 1 unspecified atom stereocenters. The first-order valence-corrected chi connectivity index (χ1v) is 12.6. The van der Waals surface area contributed by atoms with Crippen molar-refractivity contribution in [3.05, 3.63) is 65.2 Å². The number of carbonyl (C=O) groups excluding carboxylic acids is 3. The highest BCUT2D eigenvalue weighted by atomic mass is 16.6. The molecule has 1 atom stereocenters. The fourth-order valence-electron chi connectivity index (χ4n) is 4.59. The van der Waals surface area contributed by atoms with E-state index in [1.54, 1.807) is 28.9 Å². The zero-order chi connectivity index (χ0) is 25.5. The first kappa shape index (κ1) is 25.5. The van der Waals surface area contributed by atoms with Gasteiger partial charge < -0.3 is 29.5 Å². The van der Waals surface area contributed by atoms with Crippen molar-refractivity contribution < 1.29 is 23.9 Å². The van der Waals surface area contributed by atoms with Crippen molar-refractivity contribution in [3.63, 3.8) is 0 Å². The Bertz CT molecular complexity index is 1070. The Morgan fingerprint density at radius 1 is 0.944 bits per heavy atom. The van der Waals surface area contributed by atoms with Gasteiger partial charge in [0.2, 0.25) is 0 Å². The van der Waals surface area contributed by atoms with Crippen LogP contribution in [0, 0.1) is 0 Å². The third-order valence-electron chi connectivity index (χ3n) is 6.48. The number of hydrogen-bond donors (Lipinski definition) is 1. The molecule has 0 bridgehead atoms. The van der Waals surface area contributed by atoms with Gasteiger partial charge in [-0.1, -0.05) is 18.2 Å². The number of amides is 3. The number of rotatable bonds is 9. The van der Waals surface area contributed by atoms with Gasteiger partial charge in [0.25, 0.3) is 11.8 Å². The summed E-state index contributed by atoms with van der Waals surface area (Å²) >= 11 is 0. The molecule has 0 saturated carbocycles. The van der Waals surface area contributed by atoms with Crippen molar-refractivity contribution >= 4 is 23.6 Å². The molecule has 4 rings (SSSR count). The van der Waals surface area contributed by atoms with Crippen LogP contribution in [0.25, 0.3) is 0 Å². The van der Waals surface area contributed by atoms with Crippen LogP contribution in [-0.2, 0) is 9.47 Å². The zero-order valence-electron chi connectivity index (χ0n) is 20.9. The SMILES string of the molecule is CCOCCCN1C(=O)c2ccccc2C1Nc1ccc(C(=O)N2CCN(C(=O)OCC)CC2)cc1. The number of fused-ring (bicyclic) bond motifs is 1. The Balaban J connectivity index is 1.40. The summed E-state index contributed by atoms with van der Waals surface area (Å²) in [7, 11) is 0. The molecule has 36 heavy (non-hydrogen) atoms. The minimum Gasteiger partial charge on any atom is -0.450 e. The summed E-state index contributed by atoms with van der Waals surface area (Å²) in [4.78, 5) is 43.2. The van der Waals surface area contributed by atoms with Gasteiger partial charge in [0.05, 0.1) is 6.61 Å². The largest absolute Gasteiger partial charge is 0.450 e. The summed E-state index contributed by atoms with van der Waals surface area (Å²) in [5.41, 5.74) is 3.06. The number of ether oxygens (including phenoxy) is 2. The molecule has 2 aromatic rings. The molecule has 2 aliphatic heterocycles. The third kappa shape index (κ3) is 5.62. The third-order valence-corrected chi connectivity index (χ3v) is 6.48. The summed E-state index contributed by atoms with van der Waals surface area (Å²) in [6.45, 7) is 7.76. The van der Waals surface area contributed by atoms with E-state index in [4.69, 9.17) is 9.47 Å². The molecule has 2 aromatic carbocycles. The average molecular weight is 495 g/mol. The van der Waals surface area contributed by atoms with E-state index in [-0.39, 0.29) is 24.1 Å². The molecule has 3 amide bonds. The molecule has 0 aliphatic carbocycles. The van der Waals surface area contributed by atoms with E-state index in [0.29, 0.717) is 63.7 Å². The lowest BCUT2D eigenvalue weighted by atomic mass is 10.1. The van der Waals surface area contributed by atoms with Crippen molar-refractivity contribution in [2.24, 2.45) is 0 Å². The molecule has 9 nitrogen and oxygen atoms in total. The van der Waals surface area contributed by atoms with Crippen LogP contribution in [0.2, 0.25) is 0 Å². The number of benzene rings is 2. The van der Waals surface area contributed by atoms with Crippen LogP contribution in [0.4, 0.5) is 10.5 Å². The molecular formula is C27H34N4O5. The predicted molar refractivity (Wildman–Crippen MR) is 136 cm³/mol. The number of hydrogen-bond acceptors (Lipinski definition) is 6. The maximum absolute atomic E-state index is 13.0. The fraction of sp³-hybridized carbons (Fsp3) is 0.444. The fourth-order valence-corrected chi connectivity index (χ4v) is 4.59. The smallest absolute Gasteiger partial charge is 0.409 e. The molecular weight excluding hydrogens is 460 g/mol. The highest BCUT2D eigenvalue weighted by molar-refractivity contribution is 5.99. The Morgan fingerprint density at radius 3 is 2.33 bits per heavy atom. The van der Waals surface area contributed by atoms with Gasteiger partial charge in [0, 0.05) is 68.3 Å². The van der Waals surface area contributed by atoms with Crippen LogP contribution in [0.1, 0.15) is 52.7 Å². The molecule has 1 fully saturated rings. The van der Waals surface area contributed by atoms with E-state index >= 15 is 0 Å². The van der Waals surface area contributed by atoms with E-state index in [9.17, 15) is 14.4 Å². The Hall–Kier alpha value is -3.59. The topological polar surface area (TPSA) is 91.4 Å². The minimum atomic E-state index is -0.334. The van der Waals surface area contributed by atoms with Gasteiger partial charge in [-0.3, -0.25) is 9.59 Å². The first-order valence-electron chi connectivity index (χ1n) is 12.6. The molecule has 2 aliphatic rings. The quantitative estimate of drug-likeness (QED) is 0.536. The number of carbonyl (C=O) groups is 3. The second-order valence-electron chi connectivity index (χ2n) is 8.74. The first-order chi connectivity index (χ1) is 17.5. The van der Waals surface area contributed by atoms with Crippen LogP contribution >= 0.6 is 0 Å². The van der Waals surface area contributed by atoms with Crippen LogP contribution in [0.5, 0.6) is 0 Å². The van der Waals surface area contributed by atoms with Gasteiger partial charge in [-0.15, -0.1) is 0 Å². The van der Waals surface area contributed by atoms with Gasteiger partial charge in [-0.2, -0.15) is 0 Å².